The van der Waals surface area contributed by atoms with Gasteiger partial charge in [-0.2, -0.15) is 0 Å². The van der Waals surface area contributed by atoms with Crippen molar-refractivity contribution in [2.45, 2.75) is 280 Å². The maximum Gasteiger partial charge on any atom is 0.305 e. The van der Waals surface area contributed by atoms with Crippen LogP contribution in [0.25, 0.3) is 0 Å². The summed E-state index contributed by atoms with van der Waals surface area (Å²) in [5, 5.41) is 107. The van der Waals surface area contributed by atoms with E-state index in [0.29, 0.717) is 12.8 Å². The lowest BCUT2D eigenvalue weighted by Crippen LogP contribution is -2.62. The highest BCUT2D eigenvalue weighted by molar-refractivity contribution is 8.76. The molecule has 0 aromatic heterocycles. The summed E-state index contributed by atoms with van der Waals surface area (Å²) in [7, 11) is 1.64. The van der Waals surface area contributed by atoms with Crippen LogP contribution in [0.15, 0.2) is 24.3 Å². The Labute approximate surface area is 786 Å². The number of carbonyl (C=O) groups excluding carboxylic acids is 16. The van der Waals surface area contributed by atoms with Gasteiger partial charge in [0.05, 0.1) is 13.0 Å². The van der Waals surface area contributed by atoms with E-state index in [1.54, 1.807) is 27.7 Å². The Morgan fingerprint density at radius 1 is 0.493 bits per heavy atom. The zero-order valence-electron chi connectivity index (χ0n) is 77.1. The molecule has 5 rings (SSSR count). The predicted molar refractivity (Wildman–Crippen MR) is 497 cm³/mol. The van der Waals surface area contributed by atoms with Crippen molar-refractivity contribution < 1.29 is 96.8 Å². The van der Waals surface area contributed by atoms with Gasteiger partial charge in [0.1, 0.15) is 96.4 Å². The Morgan fingerprint density at radius 3 is 1.43 bits per heavy atom. The highest BCUT2D eigenvalue weighted by Crippen LogP contribution is 2.30. The number of nitrogens with zero attached hydrogens (tertiary/aromatic N) is 2. The number of carboxylic acids is 1. The first kappa shape index (κ1) is 112. The number of aromatic hydroxyl groups is 1. The quantitative estimate of drug-likeness (QED) is 0.0127. The van der Waals surface area contributed by atoms with Crippen molar-refractivity contribution in [2.75, 3.05) is 57.4 Å². The van der Waals surface area contributed by atoms with Crippen molar-refractivity contribution in [3.63, 3.8) is 0 Å². The summed E-state index contributed by atoms with van der Waals surface area (Å²) in [4.78, 5) is 251. The zero-order valence-corrected chi connectivity index (χ0v) is 78.7. The van der Waals surface area contributed by atoms with E-state index in [1.165, 1.54) is 43.0 Å². The van der Waals surface area contributed by atoms with Gasteiger partial charge in [-0.25, -0.2) is 0 Å². The number of carboxylic acid groups (broad SMARTS) is 1. The molecular formula is C84H140N28O20S2. The number of phenols is 1. The summed E-state index contributed by atoms with van der Waals surface area (Å²) >= 11 is 0. The van der Waals surface area contributed by atoms with E-state index in [9.17, 15) is 58.5 Å². The second-order valence-electron chi connectivity index (χ2n) is 34.8. The number of aliphatic carboxylic acids is 1. The number of guanidine groups is 4. The van der Waals surface area contributed by atoms with Crippen LogP contribution in [0.5, 0.6) is 5.75 Å². The molecule has 1 saturated carbocycles. The fourth-order valence-electron chi connectivity index (χ4n) is 15.8. The van der Waals surface area contributed by atoms with E-state index in [2.05, 4.69) is 90.4 Å². The Bertz CT molecular complexity index is 4250. The molecule has 1 aliphatic carbocycles. The van der Waals surface area contributed by atoms with E-state index < -0.39 is 246 Å². The second kappa shape index (κ2) is 57.4. The van der Waals surface area contributed by atoms with Crippen LogP contribution in [0.3, 0.4) is 0 Å². The van der Waals surface area contributed by atoms with Crippen LogP contribution in [0.1, 0.15) is 189 Å². The van der Waals surface area contributed by atoms with Gasteiger partial charge >= 0.3 is 5.97 Å². The monoisotopic (exact) mass is 1930 g/mol. The molecule has 4 aliphatic rings. The normalized spacial score (nSPS) is 23.3. The van der Waals surface area contributed by atoms with Gasteiger partial charge in [0.2, 0.25) is 94.5 Å². The smallest absolute Gasteiger partial charge is 0.305 e. The molecule has 34 N–H and O–H groups in total. The van der Waals surface area contributed by atoms with Gasteiger partial charge in [-0.1, -0.05) is 114 Å². The third kappa shape index (κ3) is 38.8. The maximum absolute atomic E-state index is 15.8. The third-order valence-electron chi connectivity index (χ3n) is 23.2. The molecule has 0 spiro atoms. The van der Waals surface area contributed by atoms with Crippen LogP contribution in [0, 0.1) is 45.3 Å². The number of fused-ring (bicyclic) bond motifs is 2. The Balaban J connectivity index is 1.75. The van der Waals surface area contributed by atoms with Crippen molar-refractivity contribution in [3.05, 3.63) is 29.8 Å². The van der Waals surface area contributed by atoms with Crippen LogP contribution in [-0.4, -0.2) is 297 Å². The Hall–Kier alpha value is -12.3. The van der Waals surface area contributed by atoms with Gasteiger partial charge in [-0.05, 0) is 131 Å². The SMILES string of the molecule is CC[C@H](C)[C@@H]1NC(=O)[C@H](CC2CCCCC2)NC(=O)[C@H](CC(C)C)NC(=O)[C@@H]2CCCN2C(=O)[C@@H](NC(=O)[C@H](CCCNC(=N)N)NC(=O)[C@H](CCCNC(=N)N)NC(C)=O)CSSC[C@@H](C(=O)N[C@@H](CCCNC(=N)N)C(=O)N[C@@H](CCCNC(=N)N)C(N)=O)NC(=O)[C@H](C(C)C)NC(=O)[C@@H]2CCCN2C(=O)[C@H](CC(=O)O)NC(=O)[C@H](Cc2ccc(O)cc2)NC(=O)[C@H](CO)NC1=O. The van der Waals surface area contributed by atoms with E-state index >= 15 is 38.4 Å². The topological polar surface area (TPSA) is 787 Å². The summed E-state index contributed by atoms with van der Waals surface area (Å²) in [6.07, 6.45) is 2.34. The van der Waals surface area contributed by atoms with E-state index in [-0.39, 0.29) is 171 Å². The summed E-state index contributed by atoms with van der Waals surface area (Å²) in [6.45, 7) is 9.67. The molecular weight excluding hydrogens is 1790 g/mol. The highest BCUT2D eigenvalue weighted by atomic mass is 33.1. The van der Waals surface area contributed by atoms with Gasteiger partial charge in [-0.15, -0.1) is 0 Å². The second-order valence-corrected chi connectivity index (χ2v) is 37.3. The zero-order chi connectivity index (χ0) is 99.6. The van der Waals surface area contributed by atoms with Crippen LogP contribution < -0.4 is 119 Å². The number of phenolic OH excluding ortho intramolecular Hbond substituents is 1. The molecule has 16 atom stereocenters. The number of hydrogen-bond acceptors (Lipinski definition) is 25. The summed E-state index contributed by atoms with van der Waals surface area (Å²) in [5.74, 6) is -22.1. The number of hydrogen-bond donors (Lipinski definition) is 29. The van der Waals surface area contributed by atoms with Crippen LogP contribution in [0.2, 0.25) is 0 Å². The van der Waals surface area contributed by atoms with Crippen LogP contribution >= 0.6 is 21.6 Å². The lowest BCUT2D eigenvalue weighted by Gasteiger charge is -2.32. The number of nitrogens with one attached hydrogen (secondary N) is 21. The molecule has 50 heteroatoms. The van der Waals surface area contributed by atoms with Gasteiger partial charge < -0.3 is 144 Å². The maximum atomic E-state index is 15.8. The van der Waals surface area contributed by atoms with Gasteiger partial charge in [-0.3, -0.25) is 103 Å². The van der Waals surface area contributed by atoms with E-state index in [4.69, 9.17) is 50.3 Å². The molecule has 48 nitrogen and oxygen atoms in total. The number of amides is 16. The fraction of sp³-hybridized carbons (Fsp3) is 0.679. The first-order valence-electron chi connectivity index (χ1n) is 45.4. The molecule has 1 aromatic carbocycles. The van der Waals surface area contributed by atoms with Gasteiger partial charge in [0.15, 0.2) is 23.8 Å². The van der Waals surface area contributed by atoms with Crippen molar-refractivity contribution in [2.24, 2.45) is 52.3 Å². The predicted octanol–water partition coefficient (Wildman–Crippen LogP) is -5.64. The Morgan fingerprint density at radius 2 is 0.933 bits per heavy atom. The van der Waals surface area contributed by atoms with Crippen LogP contribution in [-0.2, 0) is 87.9 Å². The van der Waals surface area contributed by atoms with Crippen molar-refractivity contribution in [3.8, 4) is 5.75 Å². The van der Waals surface area contributed by atoms with Crippen molar-refractivity contribution >= 4 is 146 Å². The van der Waals surface area contributed by atoms with Gasteiger partial charge in [0, 0.05) is 64.1 Å². The number of aliphatic hydroxyl groups excluding tert-OH is 1. The molecule has 3 aliphatic heterocycles. The number of benzene rings is 1. The molecule has 748 valence electrons. The highest BCUT2D eigenvalue weighted by Gasteiger charge is 2.45. The van der Waals surface area contributed by atoms with Crippen molar-refractivity contribution in [1.29, 1.82) is 21.6 Å². The van der Waals surface area contributed by atoms with E-state index in [1.807, 2.05) is 0 Å². The summed E-state index contributed by atoms with van der Waals surface area (Å²) in [5.41, 5.74) is 28.2. The molecule has 3 saturated heterocycles. The number of rotatable bonds is 38. The lowest BCUT2D eigenvalue weighted by atomic mass is 9.84. The fourth-order valence-corrected chi connectivity index (χ4v) is 18.1. The Kier molecular flexibility index (Phi) is 48.1. The number of nitrogens with two attached hydrogens (primary N) is 5. The minimum Gasteiger partial charge on any atom is -0.508 e. The number of carbonyl (C=O) groups is 17. The standard InChI is InChI=1S/C84H140N28O20S2/c1-8-45(6)65-78(130)106-58(40-113)73(125)103-55(38-48-26-28-49(115)29-27-48)71(123)105-57(39-63(116)117)79(131)111-34-17-25-62(111)76(128)109-64(44(4)5)77(129)107-59(74(126)101-52(22-14-32-96-83(90)91)68(120)99-50(66(85)118)20-12-30-94-81(86)87)41-133-134-42-60(108-69(121)53(23-15-33-97-84(92)93)100-67(119)51(98-46(7)114)21-13-31-95-82(88)89)80(132)112-35-16-24-61(112)75(127)104-54(36-43(2)3)70(122)102-56(72(124)110-65)37-47-18-10-9-11-19-47/h26-29,43-45,47,50-62,64-65,113,115H,8-25,30-42H2,1-7H3,(H2,85,118)(H,98,114)(H,99,120)(H,100,119)(H,101,126)(H,102,122)(H,103,125)(H,104,127)(H,105,123)(H,106,130)(H,107,129)(H,108,121)(H,109,128)(H,110,124)(H,116,117)(H4,86,87,94)(H4,88,89,95)(H4,90,91,96)(H4,92,93,97)/t45-,50-,51-,52-,53-,54-,55-,56-,57-,58-,59-,60-,61-,62-,64-,65-/m0/s1. The third-order valence-corrected chi connectivity index (χ3v) is 25.6. The minimum atomic E-state index is -2.00. The molecule has 4 fully saturated rings. The van der Waals surface area contributed by atoms with Gasteiger partial charge in [0.25, 0.3) is 0 Å². The average Bonchev–Trinajstić information content (AvgIpc) is 1.55. The summed E-state index contributed by atoms with van der Waals surface area (Å²) < 4.78 is 0. The minimum absolute atomic E-state index is 0.00649. The lowest BCUT2D eigenvalue weighted by molar-refractivity contribution is -0.146. The first-order chi connectivity index (χ1) is 63.4. The largest absolute Gasteiger partial charge is 0.508 e. The average molecular weight is 1930 g/mol. The van der Waals surface area contributed by atoms with Crippen LogP contribution in [0.4, 0.5) is 0 Å². The molecule has 3 heterocycles. The number of aliphatic hydroxyl groups is 1. The molecule has 0 bridgehead atoms. The number of primary amides is 1. The molecule has 0 unspecified atom stereocenters. The summed E-state index contributed by atoms with van der Waals surface area (Å²) in [6, 6.07) is -18.5. The molecule has 134 heavy (non-hydrogen) atoms. The van der Waals surface area contributed by atoms with Crippen molar-refractivity contribution in [1.82, 2.24) is 100 Å². The molecule has 0 radical (unpaired) electrons. The molecule has 1 aromatic rings. The van der Waals surface area contributed by atoms with E-state index in [0.717, 1.165) is 52.7 Å². The first-order valence-corrected chi connectivity index (χ1v) is 47.9. The molecule has 16 amide bonds.